The number of aromatic amines is 1. The first kappa shape index (κ1) is 20.1. The lowest BCUT2D eigenvalue weighted by Gasteiger charge is -2.06. The van der Waals surface area contributed by atoms with Gasteiger partial charge in [0.1, 0.15) is 12.1 Å². The van der Waals surface area contributed by atoms with Gasteiger partial charge in [0.05, 0.1) is 6.33 Å². The van der Waals surface area contributed by atoms with Crippen LogP contribution in [0.3, 0.4) is 0 Å². The molecule has 124 valence electrons. The van der Waals surface area contributed by atoms with Gasteiger partial charge in [-0.2, -0.15) is 0 Å². The van der Waals surface area contributed by atoms with Crippen LogP contribution < -0.4 is 23.6 Å². The molecule has 0 saturated heterocycles. The molecule has 0 radical (unpaired) electrons. The van der Waals surface area contributed by atoms with Crippen LogP contribution in [0.1, 0.15) is 12.8 Å². The Balaban J connectivity index is 0.00000220. The molecule has 0 aliphatic carbocycles. The molecule has 0 aromatic carbocycles. The Hall–Kier alpha value is -1.91. The van der Waals surface area contributed by atoms with Crippen LogP contribution in [0.2, 0.25) is 0 Å². The standard InChI is InChI=1S/C10H13N4O5P.2H3N/c1-13-8-7(11-6-12-8)9(15)14(10(13)16)4-2-3-5-19-20(17)18;;/h6H,2-5H2,1H3,(H-,11,12,15,17,18);2*1H3/p+1. The Kier molecular flexibility index (Phi) is 7.77. The van der Waals surface area contributed by atoms with E-state index in [0.717, 1.165) is 4.57 Å². The van der Waals surface area contributed by atoms with E-state index in [1.54, 1.807) is 7.05 Å². The molecule has 2 heterocycles. The van der Waals surface area contributed by atoms with Crippen LogP contribution in [-0.4, -0.2) is 30.6 Å². The summed E-state index contributed by atoms with van der Waals surface area (Å²) in [5.41, 5.74) is -0.267. The normalized spacial score (nSPS) is 10.9. The molecule has 1 unspecified atom stereocenters. The largest absolute Gasteiger partial charge is 0.694 e. The quantitative estimate of drug-likeness (QED) is 0.425. The predicted molar refractivity (Wildman–Crippen MR) is 80.7 cm³/mol. The minimum Gasteiger partial charge on any atom is -0.344 e. The zero-order valence-electron chi connectivity index (χ0n) is 12.2. The molecule has 0 amide bonds. The number of fused-ring (bicyclic) bond motifs is 1. The highest BCUT2D eigenvalue weighted by molar-refractivity contribution is 7.32. The summed E-state index contributed by atoms with van der Waals surface area (Å²) in [6.45, 7) is 0.319. The highest BCUT2D eigenvalue weighted by Gasteiger charge is 2.13. The number of aryl methyl sites for hydroxylation is 1. The summed E-state index contributed by atoms with van der Waals surface area (Å²) < 4.78 is 17.2. The van der Waals surface area contributed by atoms with Crippen molar-refractivity contribution in [3.63, 3.8) is 0 Å². The van der Waals surface area contributed by atoms with Crippen molar-refractivity contribution in [3.05, 3.63) is 27.2 Å². The van der Waals surface area contributed by atoms with E-state index in [9.17, 15) is 14.2 Å². The minimum absolute atomic E-state index is 0. The Labute approximate surface area is 126 Å². The number of aromatic nitrogens is 4. The molecule has 11 nitrogen and oxygen atoms in total. The Morgan fingerprint density at radius 2 is 2.05 bits per heavy atom. The molecule has 0 aliphatic heterocycles. The third-order valence-corrected chi connectivity index (χ3v) is 3.30. The topological polar surface area (TPSA) is 189 Å². The fourth-order valence-electron chi connectivity index (χ4n) is 1.90. The molecule has 12 heteroatoms. The van der Waals surface area contributed by atoms with Gasteiger partial charge in [0.25, 0.3) is 5.56 Å². The van der Waals surface area contributed by atoms with Gasteiger partial charge in [-0.05, 0) is 12.8 Å². The zero-order chi connectivity index (χ0) is 14.7. The smallest absolute Gasteiger partial charge is 0.344 e. The second-order valence-electron chi connectivity index (χ2n) is 4.18. The van der Waals surface area contributed by atoms with Crippen molar-refractivity contribution in [1.29, 1.82) is 0 Å². The highest BCUT2D eigenvalue weighted by atomic mass is 31.1. The monoisotopic (exact) mass is 335 g/mol. The lowest BCUT2D eigenvalue weighted by atomic mass is 10.3. The SMILES string of the molecule is Cn1c(=O)n(CCCCO[P+](=O)O)c(=O)c2[nH]cnc21.N.N. The van der Waals surface area contributed by atoms with Gasteiger partial charge in [-0.15, -0.1) is 9.42 Å². The predicted octanol–water partition coefficient (Wildman–Crippen LogP) is 0.194. The second kappa shape index (κ2) is 8.51. The number of unbranched alkanes of at least 4 members (excludes halogenated alkanes) is 1. The van der Waals surface area contributed by atoms with Crippen molar-refractivity contribution in [1.82, 2.24) is 31.4 Å². The molecule has 0 bridgehead atoms. The average molecular weight is 335 g/mol. The maximum atomic E-state index is 12.1. The molecule has 0 aliphatic rings. The number of hydrogen-bond donors (Lipinski definition) is 4. The van der Waals surface area contributed by atoms with Crippen LogP contribution in [-0.2, 0) is 22.7 Å². The van der Waals surface area contributed by atoms with Gasteiger partial charge in [-0.1, -0.05) is 0 Å². The van der Waals surface area contributed by atoms with Crippen molar-refractivity contribution in [2.24, 2.45) is 7.05 Å². The molecule has 0 spiro atoms. The average Bonchev–Trinajstić information content (AvgIpc) is 2.88. The number of hydrogen-bond acceptors (Lipinski definition) is 7. The van der Waals surface area contributed by atoms with E-state index < -0.39 is 19.5 Å². The van der Waals surface area contributed by atoms with Crippen molar-refractivity contribution >= 4 is 19.4 Å². The van der Waals surface area contributed by atoms with Gasteiger partial charge in [0, 0.05) is 18.2 Å². The van der Waals surface area contributed by atoms with E-state index in [-0.39, 0.29) is 31.0 Å². The van der Waals surface area contributed by atoms with Crippen LogP contribution in [0, 0.1) is 0 Å². The van der Waals surface area contributed by atoms with E-state index in [4.69, 9.17) is 4.89 Å². The van der Waals surface area contributed by atoms with E-state index in [1.807, 2.05) is 0 Å². The molecule has 8 N–H and O–H groups in total. The van der Waals surface area contributed by atoms with Crippen LogP contribution in [0.15, 0.2) is 15.9 Å². The lowest BCUT2D eigenvalue weighted by molar-refractivity contribution is 0.272. The maximum Gasteiger partial charge on any atom is 0.694 e. The van der Waals surface area contributed by atoms with Crippen LogP contribution >= 0.6 is 8.25 Å². The Bertz CT molecular complexity index is 750. The number of H-pyrrole nitrogens is 1. The van der Waals surface area contributed by atoms with E-state index >= 15 is 0 Å². The number of imidazole rings is 1. The van der Waals surface area contributed by atoms with E-state index in [1.165, 1.54) is 10.9 Å². The first-order valence-electron chi connectivity index (χ1n) is 5.94. The molecule has 2 rings (SSSR count). The fourth-order valence-corrected chi connectivity index (χ4v) is 2.19. The summed E-state index contributed by atoms with van der Waals surface area (Å²) in [6, 6.07) is 0. The van der Waals surface area contributed by atoms with Gasteiger partial charge in [-0.25, -0.2) is 9.78 Å². The third kappa shape index (κ3) is 4.06. The van der Waals surface area contributed by atoms with Gasteiger partial charge >= 0.3 is 13.9 Å². The lowest BCUT2D eigenvalue weighted by Crippen LogP contribution is -2.39. The number of nitrogens with one attached hydrogen (secondary N) is 1. The van der Waals surface area contributed by atoms with Gasteiger partial charge < -0.3 is 17.3 Å². The van der Waals surface area contributed by atoms with E-state index in [0.29, 0.717) is 18.5 Å². The summed E-state index contributed by atoms with van der Waals surface area (Å²) in [7, 11) is -1.06. The van der Waals surface area contributed by atoms with Crippen LogP contribution in [0.5, 0.6) is 0 Å². The van der Waals surface area contributed by atoms with Crippen LogP contribution in [0.25, 0.3) is 11.2 Å². The molecule has 2 aromatic heterocycles. The molecule has 1 atom stereocenters. The summed E-state index contributed by atoms with van der Waals surface area (Å²) in [5, 5.41) is 0. The highest BCUT2D eigenvalue weighted by Crippen LogP contribution is 2.14. The molecular weight excluding hydrogens is 315 g/mol. The van der Waals surface area contributed by atoms with Crippen molar-refractivity contribution < 1.29 is 14.0 Å². The summed E-state index contributed by atoms with van der Waals surface area (Å²) in [5.74, 6) is 0. The minimum atomic E-state index is -2.60. The first-order chi connectivity index (χ1) is 9.52. The molecule has 0 saturated carbocycles. The number of nitrogens with zero attached hydrogens (tertiary/aromatic N) is 3. The Morgan fingerprint density at radius 3 is 2.68 bits per heavy atom. The zero-order valence-corrected chi connectivity index (χ0v) is 13.1. The first-order valence-corrected chi connectivity index (χ1v) is 7.07. The summed E-state index contributed by atoms with van der Waals surface area (Å²) >= 11 is 0. The second-order valence-corrected chi connectivity index (χ2v) is 4.91. The van der Waals surface area contributed by atoms with Gasteiger partial charge in [-0.3, -0.25) is 13.9 Å². The van der Waals surface area contributed by atoms with Crippen molar-refractivity contribution in [2.45, 2.75) is 19.4 Å². The fraction of sp³-hybridized carbons (Fsp3) is 0.500. The third-order valence-electron chi connectivity index (χ3n) is 2.89. The summed E-state index contributed by atoms with van der Waals surface area (Å²) in [6.07, 6.45) is 2.32. The van der Waals surface area contributed by atoms with Gasteiger partial charge in [0.15, 0.2) is 5.65 Å². The molecule has 22 heavy (non-hydrogen) atoms. The maximum absolute atomic E-state index is 12.1. The van der Waals surface area contributed by atoms with Crippen LogP contribution in [0.4, 0.5) is 0 Å². The van der Waals surface area contributed by atoms with Crippen molar-refractivity contribution in [3.8, 4) is 0 Å². The number of rotatable bonds is 6. The Morgan fingerprint density at radius 1 is 1.36 bits per heavy atom. The van der Waals surface area contributed by atoms with Crippen molar-refractivity contribution in [2.75, 3.05) is 6.61 Å². The molecular formula is C10H20N6O5P+. The van der Waals surface area contributed by atoms with Gasteiger partial charge in [0.2, 0.25) is 0 Å². The van der Waals surface area contributed by atoms with E-state index in [2.05, 4.69) is 14.5 Å². The molecule has 0 fully saturated rings. The molecule has 2 aromatic rings. The summed E-state index contributed by atoms with van der Waals surface area (Å²) in [4.78, 5) is 39.2.